The first-order chi connectivity index (χ1) is 9.11. The normalized spacial score (nSPS) is 16.9. The van der Waals surface area contributed by atoms with Gasteiger partial charge in [-0.3, -0.25) is 4.79 Å². The Bertz CT molecular complexity index is 442. The number of rotatable bonds is 4. The van der Waals surface area contributed by atoms with Gasteiger partial charge in [0.25, 0.3) is 5.91 Å². The minimum atomic E-state index is 0.154. The largest absolute Gasteiger partial charge is 0.339 e. The molecule has 0 spiro atoms. The van der Waals surface area contributed by atoms with Crippen LogP contribution in [0.25, 0.3) is 0 Å². The summed E-state index contributed by atoms with van der Waals surface area (Å²) >= 11 is 8.44. The molecular weight excluding hydrogens is 392 g/mol. The van der Waals surface area contributed by atoms with E-state index in [-0.39, 0.29) is 5.91 Å². The number of nitrogens with zero attached hydrogens (tertiary/aromatic N) is 1. The highest BCUT2D eigenvalue weighted by molar-refractivity contribution is 9.12. The summed E-state index contributed by atoms with van der Waals surface area (Å²) in [6, 6.07) is 1.91. The van der Waals surface area contributed by atoms with Gasteiger partial charge in [0.05, 0.1) is 13.1 Å². The fraction of sp³-hybridized carbons (Fsp3) is 0.615. The average Bonchev–Trinajstić information content (AvgIpc) is 2.75. The summed E-state index contributed by atoms with van der Waals surface area (Å²) in [5, 5.41) is 3.19. The lowest BCUT2D eigenvalue weighted by Crippen LogP contribution is -2.38. The molecule has 2 heterocycles. The van der Waals surface area contributed by atoms with Crippen molar-refractivity contribution in [2.75, 3.05) is 26.7 Å². The molecule has 3 nitrogen and oxygen atoms in total. The maximum atomic E-state index is 12.4. The van der Waals surface area contributed by atoms with Crippen molar-refractivity contribution in [2.45, 2.75) is 19.3 Å². The lowest BCUT2D eigenvalue weighted by atomic mass is 9.93. The van der Waals surface area contributed by atoms with Crippen LogP contribution in [0.5, 0.6) is 0 Å². The molecule has 6 heteroatoms. The minimum absolute atomic E-state index is 0.154. The summed E-state index contributed by atoms with van der Waals surface area (Å²) < 4.78 is 1.91. The number of carbonyl (C=O) groups excluding carboxylic acids is 1. The predicted molar refractivity (Wildman–Crippen MR) is 86.9 cm³/mol. The van der Waals surface area contributed by atoms with E-state index in [4.69, 9.17) is 0 Å². The van der Waals surface area contributed by atoms with Crippen LogP contribution in [0.1, 0.15) is 29.6 Å². The molecule has 0 radical (unpaired) electrons. The molecule has 0 bridgehead atoms. The summed E-state index contributed by atoms with van der Waals surface area (Å²) in [4.78, 5) is 14.4. The minimum Gasteiger partial charge on any atom is -0.339 e. The van der Waals surface area contributed by atoms with Crippen molar-refractivity contribution in [3.8, 4) is 0 Å². The average molecular weight is 410 g/mol. The van der Waals surface area contributed by atoms with Gasteiger partial charge in [-0.15, -0.1) is 11.3 Å². The van der Waals surface area contributed by atoms with Gasteiger partial charge in [0.1, 0.15) is 0 Å². The SMILES string of the molecule is CNCCC1CCN(C(=O)c2cc(Br)sc2Br)CC1. The topological polar surface area (TPSA) is 32.3 Å². The van der Waals surface area contributed by atoms with Crippen LogP contribution in [0.15, 0.2) is 13.6 Å². The molecule has 0 aromatic carbocycles. The third kappa shape index (κ3) is 4.03. The highest BCUT2D eigenvalue weighted by atomic mass is 79.9. The molecule has 0 saturated carbocycles. The van der Waals surface area contributed by atoms with Gasteiger partial charge < -0.3 is 10.2 Å². The molecule has 2 rings (SSSR count). The van der Waals surface area contributed by atoms with Crippen molar-refractivity contribution in [2.24, 2.45) is 5.92 Å². The first-order valence-corrected chi connectivity index (χ1v) is 8.90. The summed E-state index contributed by atoms with van der Waals surface area (Å²) in [7, 11) is 1.99. The zero-order valence-corrected chi connectivity index (χ0v) is 14.9. The summed E-state index contributed by atoms with van der Waals surface area (Å²) in [5.41, 5.74) is 0.783. The van der Waals surface area contributed by atoms with E-state index < -0.39 is 0 Å². The van der Waals surface area contributed by atoms with Gasteiger partial charge >= 0.3 is 0 Å². The number of halogens is 2. The Morgan fingerprint density at radius 2 is 2.16 bits per heavy atom. The second-order valence-electron chi connectivity index (χ2n) is 4.87. The molecule has 1 aromatic heterocycles. The highest BCUT2D eigenvalue weighted by Gasteiger charge is 2.25. The van der Waals surface area contributed by atoms with Crippen molar-refractivity contribution in [1.82, 2.24) is 10.2 Å². The van der Waals surface area contributed by atoms with Crippen molar-refractivity contribution < 1.29 is 4.79 Å². The van der Waals surface area contributed by atoms with E-state index in [1.165, 1.54) is 6.42 Å². The highest BCUT2D eigenvalue weighted by Crippen LogP contribution is 2.33. The maximum absolute atomic E-state index is 12.4. The molecular formula is C13H18Br2N2OS. The number of likely N-dealkylation sites (tertiary alicyclic amines) is 1. The van der Waals surface area contributed by atoms with Crippen molar-refractivity contribution in [1.29, 1.82) is 0 Å². The van der Waals surface area contributed by atoms with Crippen molar-refractivity contribution >= 4 is 49.1 Å². The lowest BCUT2D eigenvalue weighted by molar-refractivity contribution is 0.0687. The fourth-order valence-electron chi connectivity index (χ4n) is 2.43. The van der Waals surface area contributed by atoms with Gasteiger partial charge in [0, 0.05) is 13.1 Å². The summed E-state index contributed by atoms with van der Waals surface area (Å²) in [5.74, 6) is 0.912. The third-order valence-corrected chi connectivity index (χ3v) is 5.93. The predicted octanol–water partition coefficient (Wildman–Crippen LogP) is 3.73. The number of carbonyl (C=O) groups is 1. The molecule has 1 N–H and O–H groups in total. The van der Waals surface area contributed by atoms with Crippen LogP contribution < -0.4 is 5.32 Å². The molecule has 1 aliphatic rings. The Hall–Kier alpha value is 0.0900. The zero-order valence-electron chi connectivity index (χ0n) is 10.9. The van der Waals surface area contributed by atoms with Crippen LogP contribution in [0.2, 0.25) is 0 Å². The Kier molecular flexibility index (Phi) is 5.87. The quantitative estimate of drug-likeness (QED) is 0.821. The van der Waals surface area contributed by atoms with E-state index in [9.17, 15) is 4.79 Å². The van der Waals surface area contributed by atoms with Gasteiger partial charge in [-0.1, -0.05) is 0 Å². The van der Waals surface area contributed by atoms with Crippen LogP contribution in [0.4, 0.5) is 0 Å². The van der Waals surface area contributed by atoms with E-state index in [1.54, 1.807) is 11.3 Å². The monoisotopic (exact) mass is 408 g/mol. The number of nitrogens with one attached hydrogen (secondary N) is 1. The third-order valence-electron chi connectivity index (χ3n) is 3.59. The van der Waals surface area contributed by atoms with E-state index in [2.05, 4.69) is 37.2 Å². The molecule has 1 saturated heterocycles. The lowest BCUT2D eigenvalue weighted by Gasteiger charge is -2.32. The molecule has 1 aliphatic heterocycles. The second kappa shape index (κ2) is 7.20. The van der Waals surface area contributed by atoms with Crippen LogP contribution in [0.3, 0.4) is 0 Å². The smallest absolute Gasteiger partial charge is 0.255 e. The number of thiophene rings is 1. The number of hydrogen-bond acceptors (Lipinski definition) is 3. The van der Waals surface area contributed by atoms with Crippen molar-refractivity contribution in [3.05, 3.63) is 19.2 Å². The molecule has 0 unspecified atom stereocenters. The van der Waals surface area contributed by atoms with Crippen LogP contribution in [0, 0.1) is 5.92 Å². The van der Waals surface area contributed by atoms with E-state index in [0.717, 1.165) is 51.5 Å². The number of hydrogen-bond donors (Lipinski definition) is 1. The Balaban J connectivity index is 1.91. The van der Waals surface area contributed by atoms with Gasteiger partial charge in [-0.05, 0) is 76.7 Å². The molecule has 1 aromatic rings. The number of amides is 1. The molecule has 19 heavy (non-hydrogen) atoms. The Morgan fingerprint density at radius 3 is 2.68 bits per heavy atom. The van der Waals surface area contributed by atoms with Crippen LogP contribution in [-0.4, -0.2) is 37.5 Å². The Labute approximate surface area is 135 Å². The second-order valence-corrected chi connectivity index (χ2v) is 8.62. The van der Waals surface area contributed by atoms with Gasteiger partial charge in [0.15, 0.2) is 0 Å². The molecule has 0 atom stereocenters. The standard InChI is InChI=1S/C13H18Br2N2OS/c1-16-5-2-9-3-6-17(7-4-9)13(18)10-8-11(14)19-12(10)15/h8-9,16H,2-7H2,1H3. The van der Waals surface area contributed by atoms with Crippen molar-refractivity contribution in [3.63, 3.8) is 0 Å². The van der Waals surface area contributed by atoms with Gasteiger partial charge in [-0.2, -0.15) is 0 Å². The van der Waals surface area contributed by atoms with Crippen LogP contribution >= 0.6 is 43.2 Å². The van der Waals surface area contributed by atoms with E-state index >= 15 is 0 Å². The molecule has 1 fully saturated rings. The first kappa shape index (κ1) is 15.5. The van der Waals surface area contributed by atoms with Gasteiger partial charge in [0.2, 0.25) is 0 Å². The maximum Gasteiger partial charge on any atom is 0.255 e. The molecule has 106 valence electrons. The summed E-state index contributed by atoms with van der Waals surface area (Å²) in [6.45, 7) is 2.84. The fourth-order valence-corrected chi connectivity index (χ4v) is 5.21. The number of piperidine rings is 1. The Morgan fingerprint density at radius 1 is 1.47 bits per heavy atom. The molecule has 0 aliphatic carbocycles. The summed E-state index contributed by atoms with van der Waals surface area (Å²) in [6.07, 6.45) is 3.46. The van der Waals surface area contributed by atoms with E-state index in [1.807, 2.05) is 18.0 Å². The zero-order chi connectivity index (χ0) is 13.8. The van der Waals surface area contributed by atoms with Crippen LogP contribution in [-0.2, 0) is 0 Å². The first-order valence-electron chi connectivity index (χ1n) is 6.50. The van der Waals surface area contributed by atoms with Gasteiger partial charge in [-0.25, -0.2) is 0 Å². The van der Waals surface area contributed by atoms with E-state index in [0.29, 0.717) is 0 Å². The molecule has 1 amide bonds.